The fourth-order valence-electron chi connectivity index (χ4n) is 6.76. The zero-order chi connectivity index (χ0) is 55.5. The number of allylic oxidation sites excluding steroid dienone is 26. The smallest absolute Gasteiger partial charge is 0.462 e. The van der Waals surface area contributed by atoms with E-state index in [1.54, 1.807) is 0 Å². The highest BCUT2D eigenvalue weighted by Crippen LogP contribution is 2.43. The second kappa shape index (κ2) is 56.3. The molecule has 12 heteroatoms. The fourth-order valence-corrected chi connectivity index (χ4v) is 7.55. The van der Waals surface area contributed by atoms with Crippen molar-refractivity contribution in [2.24, 2.45) is 0 Å². The maximum atomic E-state index is 12.9. The molecular weight excluding hydrogens is 976 g/mol. The molecule has 11 nitrogen and oxygen atoms in total. The average molecular weight is 1080 g/mol. The van der Waals surface area contributed by atoms with E-state index in [1.165, 1.54) is 6.42 Å². The zero-order valence-electron chi connectivity index (χ0n) is 46.9. The molecular formula is C64H99O11P. The Morgan fingerprint density at radius 3 is 1.07 bits per heavy atom. The van der Waals surface area contributed by atoms with E-state index in [0.717, 1.165) is 116 Å². The largest absolute Gasteiger partial charge is 0.472 e. The summed E-state index contributed by atoms with van der Waals surface area (Å²) in [5, 5.41) is 9.82. The molecule has 0 aromatic rings. The van der Waals surface area contributed by atoms with Gasteiger partial charge >= 0.3 is 25.7 Å². The lowest BCUT2D eigenvalue weighted by Gasteiger charge is -2.21. The minimum atomic E-state index is -4.80. The molecule has 0 spiro atoms. The van der Waals surface area contributed by atoms with Gasteiger partial charge in [0, 0.05) is 19.3 Å². The molecule has 0 aliphatic heterocycles. The van der Waals surface area contributed by atoms with Crippen LogP contribution in [0.2, 0.25) is 0 Å². The first-order valence-electron chi connectivity index (χ1n) is 28.4. The maximum Gasteiger partial charge on any atom is 0.472 e. The highest BCUT2D eigenvalue weighted by Gasteiger charge is 2.28. The van der Waals surface area contributed by atoms with Crippen LogP contribution < -0.4 is 0 Å². The molecule has 3 unspecified atom stereocenters. The van der Waals surface area contributed by atoms with Gasteiger partial charge in [-0.05, 0) is 116 Å². The first-order chi connectivity index (χ1) is 37.2. The summed E-state index contributed by atoms with van der Waals surface area (Å²) in [4.78, 5) is 48.4. The molecule has 0 aromatic carbocycles. The molecule has 0 bridgehead atoms. The van der Waals surface area contributed by atoms with Crippen LogP contribution in [0.4, 0.5) is 0 Å². The van der Waals surface area contributed by atoms with Crippen LogP contribution in [0.25, 0.3) is 0 Å². The first kappa shape index (κ1) is 71.1. The van der Waals surface area contributed by atoms with Crippen molar-refractivity contribution in [3.63, 3.8) is 0 Å². The van der Waals surface area contributed by atoms with Gasteiger partial charge in [0.15, 0.2) is 6.10 Å². The molecule has 0 fully saturated rings. The van der Waals surface area contributed by atoms with Gasteiger partial charge in [0.1, 0.15) is 12.7 Å². The Labute approximate surface area is 460 Å². The summed E-state index contributed by atoms with van der Waals surface area (Å²) in [5.74, 6) is -1.70. The third-order valence-electron chi connectivity index (χ3n) is 11.0. The van der Waals surface area contributed by atoms with Crippen molar-refractivity contribution in [3.8, 4) is 0 Å². The Kier molecular flexibility index (Phi) is 52.7. The van der Waals surface area contributed by atoms with Crippen molar-refractivity contribution in [2.45, 2.75) is 200 Å². The Balaban J connectivity index is 4.90. The van der Waals surface area contributed by atoms with E-state index in [2.05, 4.69) is 154 Å². The van der Waals surface area contributed by atoms with E-state index in [1.807, 2.05) is 24.3 Å². The lowest BCUT2D eigenvalue weighted by atomic mass is 10.1. The number of rotatable bonds is 50. The normalized spacial score (nSPS) is 14.5. The molecule has 0 radical (unpaired) electrons. The molecule has 0 aliphatic carbocycles. The Morgan fingerprint density at radius 1 is 0.368 bits per heavy atom. The van der Waals surface area contributed by atoms with Gasteiger partial charge in [-0.1, -0.05) is 211 Å². The van der Waals surface area contributed by atoms with Gasteiger partial charge < -0.3 is 24.2 Å². The monoisotopic (exact) mass is 1070 g/mol. The summed E-state index contributed by atoms with van der Waals surface area (Å²) in [6.07, 6.45) is 73.8. The Morgan fingerprint density at radius 2 is 0.671 bits per heavy atom. The lowest BCUT2D eigenvalue weighted by Crippen LogP contribution is -2.30. The Bertz CT molecular complexity index is 1880. The van der Waals surface area contributed by atoms with Crippen LogP contribution in [0.3, 0.4) is 0 Å². The van der Waals surface area contributed by atoms with Crippen molar-refractivity contribution in [3.05, 3.63) is 158 Å². The van der Waals surface area contributed by atoms with Crippen LogP contribution in [0.15, 0.2) is 158 Å². The number of carbonyl (C=O) groups excluding carboxylic acids is 3. The second-order valence-corrected chi connectivity index (χ2v) is 19.4. The lowest BCUT2D eigenvalue weighted by molar-refractivity contribution is -0.161. The number of aliphatic hydroxyl groups excluding tert-OH is 1. The van der Waals surface area contributed by atoms with Crippen LogP contribution in [-0.2, 0) is 42.2 Å². The van der Waals surface area contributed by atoms with Gasteiger partial charge in [-0.15, -0.1) is 0 Å². The predicted molar refractivity (Wildman–Crippen MR) is 315 cm³/mol. The number of ether oxygens (including phenoxy) is 3. The van der Waals surface area contributed by atoms with Crippen LogP contribution >= 0.6 is 7.82 Å². The number of aliphatic hydroxyl groups is 1. The molecule has 0 aliphatic rings. The van der Waals surface area contributed by atoms with E-state index in [4.69, 9.17) is 23.3 Å². The minimum Gasteiger partial charge on any atom is -0.462 e. The number of phosphoric acid groups is 1. The zero-order valence-corrected chi connectivity index (χ0v) is 47.8. The molecule has 426 valence electrons. The van der Waals surface area contributed by atoms with E-state index in [-0.39, 0.29) is 19.3 Å². The molecule has 2 N–H and O–H groups in total. The fraction of sp³-hybridized carbons (Fsp3) is 0.547. The van der Waals surface area contributed by atoms with Gasteiger partial charge in [-0.2, -0.15) is 0 Å². The number of carbonyl (C=O) groups is 3. The summed E-state index contributed by atoms with van der Waals surface area (Å²) in [6, 6.07) is 0. The van der Waals surface area contributed by atoms with Crippen molar-refractivity contribution >= 4 is 25.7 Å². The molecule has 0 heterocycles. The minimum absolute atomic E-state index is 0.0178. The number of esters is 3. The number of phosphoric ester groups is 1. The number of hydrogen-bond donors (Lipinski definition) is 2. The Hall–Kier alpha value is -4.90. The van der Waals surface area contributed by atoms with Gasteiger partial charge in [-0.25, -0.2) is 4.57 Å². The topological polar surface area (TPSA) is 155 Å². The number of unbranched alkanes of at least 4 members (excludes halogenated alkanes) is 7. The van der Waals surface area contributed by atoms with Gasteiger partial charge in [0.2, 0.25) is 0 Å². The molecule has 0 saturated heterocycles. The third kappa shape index (κ3) is 53.9. The highest BCUT2D eigenvalue weighted by atomic mass is 31.2. The van der Waals surface area contributed by atoms with Gasteiger partial charge in [0.05, 0.1) is 19.8 Å². The highest BCUT2D eigenvalue weighted by molar-refractivity contribution is 7.47. The third-order valence-corrected chi connectivity index (χ3v) is 11.9. The molecule has 0 saturated carbocycles. The van der Waals surface area contributed by atoms with E-state index < -0.39 is 64.4 Å². The number of hydrogen-bond acceptors (Lipinski definition) is 10. The molecule has 0 amide bonds. The standard InChI is InChI=1S/C64H99O11P/c1-4-7-10-13-16-19-22-25-27-29-30-32-34-37-40-43-46-49-52-55-64(68)75-61(57-71-62(66)53-50-47-44-41-38-35-24-21-18-15-12-9-6-3)59-73-76(69,70)72-58-60(56-65)74-63(67)54-51-48-45-42-39-36-33-31-28-26-23-20-17-14-11-8-5-2/h7-12,16-21,25-28,30,32,35,37-38,40,44,46-47,49,60-61,65H,4-6,13-15,22-24,29,31,33-34,36,39,41-43,45,48,50-59H2,1-3H3,(H,69,70)/b10-7-,11-8-,12-9-,19-16-,20-17-,21-18-,27-25-,28-26-,32-30-,38-35-,40-37-,47-44-,49-46-. The van der Waals surface area contributed by atoms with Gasteiger partial charge in [-0.3, -0.25) is 23.4 Å². The van der Waals surface area contributed by atoms with Crippen LogP contribution in [0.1, 0.15) is 188 Å². The molecule has 76 heavy (non-hydrogen) atoms. The second-order valence-electron chi connectivity index (χ2n) is 18.0. The van der Waals surface area contributed by atoms with Crippen molar-refractivity contribution in [1.82, 2.24) is 0 Å². The molecule has 0 rings (SSSR count). The predicted octanol–water partition coefficient (Wildman–Crippen LogP) is 16.9. The SMILES string of the molecule is CC/C=C\C/C=C\C/C=C\C/C=C\C/C=C\C/C=C\CCC(=O)OC(COC(=O)CC/C=C\C/C=C\C/C=C\C/C=C\CC)COP(=O)(O)OCC(CO)OC(=O)CCCCCCCCC/C=C\C/C=C\C/C=C\CC. The van der Waals surface area contributed by atoms with Crippen LogP contribution in [0.5, 0.6) is 0 Å². The summed E-state index contributed by atoms with van der Waals surface area (Å²) in [7, 11) is -4.80. The summed E-state index contributed by atoms with van der Waals surface area (Å²) >= 11 is 0. The first-order valence-corrected chi connectivity index (χ1v) is 29.9. The quantitative estimate of drug-likeness (QED) is 0.0197. The van der Waals surface area contributed by atoms with E-state index in [0.29, 0.717) is 25.7 Å². The van der Waals surface area contributed by atoms with Gasteiger partial charge in [0.25, 0.3) is 0 Å². The van der Waals surface area contributed by atoms with E-state index in [9.17, 15) is 28.9 Å². The summed E-state index contributed by atoms with van der Waals surface area (Å²) in [6.45, 7) is 4.09. The molecule has 0 aromatic heterocycles. The average Bonchev–Trinajstić information content (AvgIpc) is 3.41. The molecule has 3 atom stereocenters. The van der Waals surface area contributed by atoms with Crippen LogP contribution in [0, 0.1) is 0 Å². The summed E-state index contributed by atoms with van der Waals surface area (Å²) < 4.78 is 39.3. The van der Waals surface area contributed by atoms with Crippen LogP contribution in [-0.4, -0.2) is 66.5 Å². The maximum absolute atomic E-state index is 12.9. The van der Waals surface area contributed by atoms with Crippen molar-refractivity contribution < 1.29 is 52.2 Å². The summed E-state index contributed by atoms with van der Waals surface area (Å²) in [5.41, 5.74) is 0. The van der Waals surface area contributed by atoms with Crippen molar-refractivity contribution in [2.75, 3.05) is 26.4 Å². The van der Waals surface area contributed by atoms with Crippen molar-refractivity contribution in [1.29, 1.82) is 0 Å². The van der Waals surface area contributed by atoms with E-state index >= 15 is 0 Å².